The van der Waals surface area contributed by atoms with Gasteiger partial charge in [-0.05, 0) is 37.7 Å². The van der Waals surface area contributed by atoms with Crippen molar-refractivity contribution >= 4 is 5.91 Å². The van der Waals surface area contributed by atoms with Gasteiger partial charge < -0.3 is 10.0 Å². The topological polar surface area (TPSA) is 43.8 Å². The first-order valence-corrected chi connectivity index (χ1v) is 8.45. The molecule has 0 radical (unpaired) electrons. The molecular formula is C18H26N2O2. The maximum absolute atomic E-state index is 12.3. The molecule has 2 saturated heterocycles. The SMILES string of the molecule is O=C(CN1CCC(O)(c2ccccc2)CC1)N1CCCCC1. The van der Waals surface area contributed by atoms with Crippen LogP contribution in [-0.2, 0) is 10.4 Å². The van der Waals surface area contributed by atoms with E-state index in [4.69, 9.17) is 0 Å². The van der Waals surface area contributed by atoms with Gasteiger partial charge >= 0.3 is 0 Å². The summed E-state index contributed by atoms with van der Waals surface area (Å²) in [4.78, 5) is 16.5. The van der Waals surface area contributed by atoms with Gasteiger partial charge in [0.25, 0.3) is 0 Å². The van der Waals surface area contributed by atoms with Gasteiger partial charge in [-0.1, -0.05) is 30.3 Å². The Kier molecular flexibility index (Phi) is 4.79. The van der Waals surface area contributed by atoms with E-state index in [-0.39, 0.29) is 5.91 Å². The van der Waals surface area contributed by atoms with Gasteiger partial charge in [-0.15, -0.1) is 0 Å². The van der Waals surface area contributed by atoms with Gasteiger partial charge in [0.2, 0.25) is 5.91 Å². The second-order valence-corrected chi connectivity index (χ2v) is 6.62. The lowest BCUT2D eigenvalue weighted by atomic mass is 9.84. The predicted molar refractivity (Wildman–Crippen MR) is 86.4 cm³/mol. The van der Waals surface area contributed by atoms with E-state index < -0.39 is 5.60 Å². The van der Waals surface area contributed by atoms with Crippen molar-refractivity contribution in [2.24, 2.45) is 0 Å². The summed E-state index contributed by atoms with van der Waals surface area (Å²) in [5.41, 5.74) is 0.267. The Labute approximate surface area is 132 Å². The number of benzene rings is 1. The average Bonchev–Trinajstić information content (AvgIpc) is 2.59. The van der Waals surface area contributed by atoms with Gasteiger partial charge in [-0.3, -0.25) is 9.69 Å². The standard InChI is InChI=1S/C18H26N2O2/c21-17(20-11-5-2-6-12-20)15-19-13-9-18(22,10-14-19)16-7-3-1-4-8-16/h1,3-4,7-8,22H,2,5-6,9-15H2. The van der Waals surface area contributed by atoms with E-state index >= 15 is 0 Å². The van der Waals surface area contributed by atoms with Crippen LogP contribution in [0.15, 0.2) is 30.3 Å². The predicted octanol–water partition coefficient (Wildman–Crippen LogP) is 1.98. The average molecular weight is 302 g/mol. The molecule has 2 aliphatic heterocycles. The van der Waals surface area contributed by atoms with Crippen LogP contribution in [0.3, 0.4) is 0 Å². The van der Waals surface area contributed by atoms with Crippen molar-refractivity contribution in [3.8, 4) is 0 Å². The normalized spacial score (nSPS) is 22.5. The third kappa shape index (κ3) is 3.50. The van der Waals surface area contributed by atoms with Crippen LogP contribution in [0.2, 0.25) is 0 Å². The number of aliphatic hydroxyl groups is 1. The number of piperidine rings is 2. The highest BCUT2D eigenvalue weighted by Crippen LogP contribution is 2.32. The zero-order valence-electron chi connectivity index (χ0n) is 13.2. The van der Waals surface area contributed by atoms with Gasteiger partial charge in [-0.2, -0.15) is 0 Å². The minimum Gasteiger partial charge on any atom is -0.385 e. The van der Waals surface area contributed by atoms with Gasteiger partial charge in [-0.25, -0.2) is 0 Å². The fourth-order valence-electron chi connectivity index (χ4n) is 3.55. The molecule has 1 amide bonds. The van der Waals surface area contributed by atoms with Crippen molar-refractivity contribution in [3.63, 3.8) is 0 Å². The van der Waals surface area contributed by atoms with Crippen LogP contribution in [0, 0.1) is 0 Å². The maximum Gasteiger partial charge on any atom is 0.236 e. The largest absolute Gasteiger partial charge is 0.385 e. The molecule has 0 aliphatic carbocycles. The molecule has 120 valence electrons. The van der Waals surface area contributed by atoms with Crippen LogP contribution >= 0.6 is 0 Å². The van der Waals surface area contributed by atoms with Crippen LogP contribution in [0.25, 0.3) is 0 Å². The first kappa shape index (κ1) is 15.5. The molecule has 1 aromatic carbocycles. The molecule has 2 fully saturated rings. The fraction of sp³-hybridized carbons (Fsp3) is 0.611. The minimum absolute atomic E-state index is 0.254. The van der Waals surface area contributed by atoms with E-state index in [2.05, 4.69) is 4.90 Å². The monoisotopic (exact) mass is 302 g/mol. The van der Waals surface area contributed by atoms with Crippen LogP contribution in [0.4, 0.5) is 0 Å². The minimum atomic E-state index is -0.730. The highest BCUT2D eigenvalue weighted by atomic mass is 16.3. The number of amides is 1. The second kappa shape index (κ2) is 6.80. The summed E-state index contributed by atoms with van der Waals surface area (Å²) in [5.74, 6) is 0.254. The Morgan fingerprint density at radius 3 is 2.27 bits per heavy atom. The molecule has 22 heavy (non-hydrogen) atoms. The maximum atomic E-state index is 12.3. The highest BCUT2D eigenvalue weighted by molar-refractivity contribution is 5.78. The number of carbonyl (C=O) groups excluding carboxylic acids is 1. The molecule has 0 saturated carbocycles. The Morgan fingerprint density at radius 1 is 1.00 bits per heavy atom. The fourth-order valence-corrected chi connectivity index (χ4v) is 3.55. The van der Waals surface area contributed by atoms with Gasteiger partial charge in [0, 0.05) is 26.2 Å². The van der Waals surface area contributed by atoms with Crippen molar-refractivity contribution in [2.75, 3.05) is 32.7 Å². The van der Waals surface area contributed by atoms with Crippen LogP contribution < -0.4 is 0 Å². The summed E-state index contributed by atoms with van der Waals surface area (Å²) in [7, 11) is 0. The number of carbonyl (C=O) groups is 1. The molecule has 1 aromatic rings. The van der Waals surface area contributed by atoms with Crippen LogP contribution in [0.1, 0.15) is 37.7 Å². The molecule has 2 heterocycles. The molecule has 4 heteroatoms. The molecule has 0 aromatic heterocycles. The van der Waals surface area contributed by atoms with Crippen LogP contribution in [-0.4, -0.2) is 53.5 Å². The van der Waals surface area contributed by atoms with E-state index in [0.717, 1.165) is 44.6 Å². The molecule has 4 nitrogen and oxygen atoms in total. The summed E-state index contributed by atoms with van der Waals surface area (Å²) >= 11 is 0. The van der Waals surface area contributed by atoms with Crippen molar-refractivity contribution in [1.29, 1.82) is 0 Å². The molecular weight excluding hydrogens is 276 g/mol. The summed E-state index contributed by atoms with van der Waals surface area (Å²) in [5, 5.41) is 10.8. The van der Waals surface area contributed by atoms with E-state index in [1.165, 1.54) is 6.42 Å². The zero-order valence-corrected chi connectivity index (χ0v) is 13.2. The van der Waals surface area contributed by atoms with Crippen molar-refractivity contribution in [1.82, 2.24) is 9.80 Å². The highest BCUT2D eigenvalue weighted by Gasteiger charge is 2.34. The molecule has 0 bridgehead atoms. The van der Waals surface area contributed by atoms with Crippen molar-refractivity contribution in [3.05, 3.63) is 35.9 Å². The lowest BCUT2D eigenvalue weighted by Crippen LogP contribution is -2.48. The van der Waals surface area contributed by atoms with E-state index in [1.54, 1.807) is 0 Å². The lowest BCUT2D eigenvalue weighted by molar-refractivity contribution is -0.134. The third-order valence-corrected chi connectivity index (χ3v) is 5.06. The first-order chi connectivity index (χ1) is 10.7. The van der Waals surface area contributed by atoms with Crippen molar-refractivity contribution in [2.45, 2.75) is 37.7 Å². The Balaban J connectivity index is 1.52. The first-order valence-electron chi connectivity index (χ1n) is 8.45. The Hall–Kier alpha value is -1.39. The second-order valence-electron chi connectivity index (χ2n) is 6.62. The number of hydrogen-bond acceptors (Lipinski definition) is 3. The van der Waals surface area contributed by atoms with E-state index in [9.17, 15) is 9.90 Å². The summed E-state index contributed by atoms with van der Waals surface area (Å²) in [6.07, 6.45) is 4.92. The molecule has 2 aliphatic rings. The lowest BCUT2D eigenvalue weighted by Gasteiger charge is -2.39. The smallest absolute Gasteiger partial charge is 0.236 e. The third-order valence-electron chi connectivity index (χ3n) is 5.06. The van der Waals surface area contributed by atoms with Crippen molar-refractivity contribution < 1.29 is 9.90 Å². The quantitative estimate of drug-likeness (QED) is 0.928. The Bertz CT molecular complexity index is 489. The van der Waals surface area contributed by atoms with Gasteiger partial charge in [0.15, 0.2) is 0 Å². The molecule has 1 N–H and O–H groups in total. The van der Waals surface area contributed by atoms with E-state index in [0.29, 0.717) is 19.4 Å². The van der Waals surface area contributed by atoms with Gasteiger partial charge in [0.05, 0.1) is 12.1 Å². The Morgan fingerprint density at radius 2 is 1.64 bits per heavy atom. The number of rotatable bonds is 3. The molecule has 0 atom stereocenters. The van der Waals surface area contributed by atoms with E-state index in [1.807, 2.05) is 35.2 Å². The number of likely N-dealkylation sites (tertiary alicyclic amines) is 2. The molecule has 3 rings (SSSR count). The summed E-state index contributed by atoms with van der Waals surface area (Å²) in [6.45, 7) is 3.90. The number of hydrogen-bond donors (Lipinski definition) is 1. The van der Waals surface area contributed by atoms with Crippen LogP contribution in [0.5, 0.6) is 0 Å². The summed E-state index contributed by atoms with van der Waals surface area (Å²) < 4.78 is 0. The summed E-state index contributed by atoms with van der Waals surface area (Å²) in [6, 6.07) is 9.90. The molecule has 0 spiro atoms. The van der Waals surface area contributed by atoms with Gasteiger partial charge in [0.1, 0.15) is 0 Å². The zero-order chi connectivity index (χ0) is 15.4. The molecule has 0 unspecified atom stereocenters. The number of nitrogens with zero attached hydrogens (tertiary/aromatic N) is 2.